The van der Waals surface area contributed by atoms with E-state index in [0.717, 1.165) is 17.5 Å². The summed E-state index contributed by atoms with van der Waals surface area (Å²) in [4.78, 5) is 26.3. The molecule has 6 heteroatoms. The summed E-state index contributed by atoms with van der Waals surface area (Å²) >= 11 is 0. The first-order chi connectivity index (χ1) is 13.6. The molecule has 1 aliphatic rings. The van der Waals surface area contributed by atoms with Gasteiger partial charge >= 0.3 is 5.97 Å². The van der Waals surface area contributed by atoms with E-state index in [1.54, 1.807) is 18.3 Å². The van der Waals surface area contributed by atoms with Crippen molar-refractivity contribution in [1.82, 2.24) is 14.7 Å². The number of nitrogens with zero attached hydrogens (tertiary/aromatic N) is 3. The Labute approximate surface area is 163 Å². The largest absolute Gasteiger partial charge is 0.478 e. The summed E-state index contributed by atoms with van der Waals surface area (Å²) in [5.74, 6) is -0.896. The van der Waals surface area contributed by atoms with Gasteiger partial charge in [0.1, 0.15) is 0 Å². The van der Waals surface area contributed by atoms with Crippen LogP contribution in [0.5, 0.6) is 0 Å². The summed E-state index contributed by atoms with van der Waals surface area (Å²) in [5, 5.41) is 13.6. The molecule has 1 aromatic heterocycles. The van der Waals surface area contributed by atoms with E-state index in [1.165, 1.54) is 0 Å². The van der Waals surface area contributed by atoms with Crippen LogP contribution >= 0.6 is 0 Å². The standard InChI is InChI=1S/C22H21N3O3/c26-21(17-6-3-5-16(13-17)14-25-11-4-10-23-25)24-12-9-18(15-24)19-7-1-2-8-20(19)22(27)28/h1-8,10-11,13,18H,9,12,14-15H2,(H,27,28)/t18-/m1/s1. The molecule has 2 aromatic carbocycles. The highest BCUT2D eigenvalue weighted by atomic mass is 16.4. The van der Waals surface area contributed by atoms with E-state index >= 15 is 0 Å². The maximum absolute atomic E-state index is 13.0. The summed E-state index contributed by atoms with van der Waals surface area (Å²) in [6, 6.07) is 16.5. The number of carbonyl (C=O) groups excluding carboxylic acids is 1. The number of rotatable bonds is 5. The fourth-order valence-corrected chi connectivity index (χ4v) is 3.81. The maximum Gasteiger partial charge on any atom is 0.335 e. The van der Waals surface area contributed by atoms with E-state index in [2.05, 4.69) is 5.10 Å². The zero-order chi connectivity index (χ0) is 19.5. The van der Waals surface area contributed by atoms with Gasteiger partial charge < -0.3 is 10.0 Å². The SMILES string of the molecule is O=C(O)c1ccccc1[C@@H]1CCN(C(=O)c2cccc(Cn3cccn3)c2)C1. The van der Waals surface area contributed by atoms with Crippen LogP contribution in [0.15, 0.2) is 67.0 Å². The van der Waals surface area contributed by atoms with Gasteiger partial charge in [-0.2, -0.15) is 5.10 Å². The summed E-state index contributed by atoms with van der Waals surface area (Å²) in [5.41, 5.74) is 2.79. The first kappa shape index (κ1) is 18.0. The van der Waals surface area contributed by atoms with E-state index in [4.69, 9.17) is 0 Å². The smallest absolute Gasteiger partial charge is 0.335 e. The summed E-state index contributed by atoms with van der Waals surface area (Å²) in [7, 11) is 0. The van der Waals surface area contributed by atoms with Gasteiger partial charge in [-0.25, -0.2) is 4.79 Å². The second-order valence-corrected chi connectivity index (χ2v) is 7.03. The minimum absolute atomic E-state index is 0.0161. The molecule has 0 aliphatic carbocycles. The zero-order valence-electron chi connectivity index (χ0n) is 15.4. The lowest BCUT2D eigenvalue weighted by molar-refractivity contribution is 0.0695. The molecule has 0 unspecified atom stereocenters. The van der Waals surface area contributed by atoms with Crippen molar-refractivity contribution in [2.45, 2.75) is 18.9 Å². The Bertz CT molecular complexity index is 998. The molecule has 0 bridgehead atoms. The third kappa shape index (κ3) is 3.67. The molecular formula is C22H21N3O3. The first-order valence-corrected chi connectivity index (χ1v) is 9.29. The molecule has 142 valence electrons. The lowest BCUT2D eigenvalue weighted by Gasteiger charge is -2.18. The van der Waals surface area contributed by atoms with Crippen LogP contribution in [-0.2, 0) is 6.54 Å². The van der Waals surface area contributed by atoms with E-state index in [0.29, 0.717) is 30.8 Å². The number of aromatic carboxylic acids is 1. The maximum atomic E-state index is 13.0. The molecule has 1 amide bonds. The number of hydrogen-bond donors (Lipinski definition) is 1. The van der Waals surface area contributed by atoms with Gasteiger partial charge in [0.25, 0.3) is 5.91 Å². The fraction of sp³-hybridized carbons (Fsp3) is 0.227. The molecule has 1 atom stereocenters. The van der Waals surface area contributed by atoms with Gasteiger partial charge in [0.2, 0.25) is 0 Å². The van der Waals surface area contributed by atoms with Gasteiger partial charge in [-0.1, -0.05) is 30.3 Å². The Morgan fingerprint density at radius 2 is 1.96 bits per heavy atom. The van der Waals surface area contributed by atoms with Crippen molar-refractivity contribution in [2.75, 3.05) is 13.1 Å². The number of amides is 1. The molecule has 3 aromatic rings. The van der Waals surface area contributed by atoms with Gasteiger partial charge in [-0.3, -0.25) is 9.48 Å². The lowest BCUT2D eigenvalue weighted by Crippen LogP contribution is -2.28. The number of aromatic nitrogens is 2. The highest BCUT2D eigenvalue weighted by Crippen LogP contribution is 2.30. The van der Waals surface area contributed by atoms with Crippen LogP contribution in [0.3, 0.4) is 0 Å². The Morgan fingerprint density at radius 1 is 1.11 bits per heavy atom. The Hall–Kier alpha value is -3.41. The van der Waals surface area contributed by atoms with Crippen molar-refractivity contribution >= 4 is 11.9 Å². The van der Waals surface area contributed by atoms with Gasteiger partial charge in [-0.15, -0.1) is 0 Å². The highest BCUT2D eigenvalue weighted by Gasteiger charge is 2.30. The number of carboxylic acid groups (broad SMARTS) is 1. The predicted molar refractivity (Wildman–Crippen MR) is 104 cm³/mol. The topological polar surface area (TPSA) is 75.4 Å². The van der Waals surface area contributed by atoms with Crippen LogP contribution < -0.4 is 0 Å². The molecule has 1 N–H and O–H groups in total. The third-order valence-electron chi connectivity index (χ3n) is 5.18. The number of likely N-dealkylation sites (tertiary alicyclic amines) is 1. The monoisotopic (exact) mass is 375 g/mol. The second-order valence-electron chi connectivity index (χ2n) is 7.03. The Kier molecular flexibility index (Phi) is 4.93. The number of benzene rings is 2. The van der Waals surface area contributed by atoms with E-state index in [1.807, 2.05) is 58.2 Å². The molecule has 0 saturated carbocycles. The molecule has 2 heterocycles. The fourth-order valence-electron chi connectivity index (χ4n) is 3.81. The van der Waals surface area contributed by atoms with Crippen LogP contribution in [0.4, 0.5) is 0 Å². The van der Waals surface area contributed by atoms with Gasteiger partial charge in [0.05, 0.1) is 12.1 Å². The first-order valence-electron chi connectivity index (χ1n) is 9.29. The van der Waals surface area contributed by atoms with Crippen molar-refractivity contribution in [2.24, 2.45) is 0 Å². The Morgan fingerprint density at radius 3 is 2.75 bits per heavy atom. The summed E-state index contributed by atoms with van der Waals surface area (Å²) < 4.78 is 1.82. The average Bonchev–Trinajstić information content (AvgIpc) is 3.40. The number of hydrogen-bond acceptors (Lipinski definition) is 3. The van der Waals surface area contributed by atoms with Crippen molar-refractivity contribution in [3.63, 3.8) is 0 Å². The third-order valence-corrected chi connectivity index (χ3v) is 5.18. The van der Waals surface area contributed by atoms with Crippen molar-refractivity contribution in [3.05, 3.63) is 89.2 Å². The van der Waals surface area contributed by atoms with E-state index < -0.39 is 5.97 Å². The van der Waals surface area contributed by atoms with Gasteiger partial charge in [0, 0.05) is 37.0 Å². The van der Waals surface area contributed by atoms with Crippen LogP contribution in [-0.4, -0.2) is 44.8 Å². The summed E-state index contributed by atoms with van der Waals surface area (Å²) in [6.07, 6.45) is 4.39. The molecule has 0 spiro atoms. The number of carbonyl (C=O) groups is 2. The normalized spacial score (nSPS) is 16.3. The Balaban J connectivity index is 1.49. The quantitative estimate of drug-likeness (QED) is 0.743. The van der Waals surface area contributed by atoms with Gasteiger partial charge in [0.15, 0.2) is 0 Å². The molecule has 1 aliphatic heterocycles. The predicted octanol–water partition coefficient (Wildman–Crippen LogP) is 3.26. The van der Waals surface area contributed by atoms with Gasteiger partial charge in [-0.05, 0) is 41.8 Å². The molecule has 1 saturated heterocycles. The average molecular weight is 375 g/mol. The highest BCUT2D eigenvalue weighted by molar-refractivity contribution is 5.95. The van der Waals surface area contributed by atoms with Crippen LogP contribution in [0.25, 0.3) is 0 Å². The van der Waals surface area contributed by atoms with Crippen LogP contribution in [0, 0.1) is 0 Å². The minimum atomic E-state index is -0.924. The molecule has 28 heavy (non-hydrogen) atoms. The van der Waals surface area contributed by atoms with Crippen molar-refractivity contribution < 1.29 is 14.7 Å². The second kappa shape index (κ2) is 7.68. The van der Waals surface area contributed by atoms with Crippen LogP contribution in [0.2, 0.25) is 0 Å². The summed E-state index contributed by atoms with van der Waals surface area (Å²) in [6.45, 7) is 1.77. The van der Waals surface area contributed by atoms with E-state index in [9.17, 15) is 14.7 Å². The molecule has 6 nitrogen and oxygen atoms in total. The zero-order valence-corrected chi connectivity index (χ0v) is 15.4. The minimum Gasteiger partial charge on any atom is -0.478 e. The van der Waals surface area contributed by atoms with Crippen molar-refractivity contribution in [1.29, 1.82) is 0 Å². The number of carboxylic acids is 1. The van der Waals surface area contributed by atoms with Crippen LogP contribution in [0.1, 0.15) is 44.2 Å². The lowest BCUT2D eigenvalue weighted by atomic mass is 9.93. The molecular weight excluding hydrogens is 354 g/mol. The van der Waals surface area contributed by atoms with Crippen molar-refractivity contribution in [3.8, 4) is 0 Å². The molecule has 4 rings (SSSR count). The molecule has 1 fully saturated rings. The van der Waals surface area contributed by atoms with E-state index in [-0.39, 0.29) is 11.8 Å². The molecule has 0 radical (unpaired) electrons.